The van der Waals surface area contributed by atoms with Crippen LogP contribution in [-0.4, -0.2) is 179 Å². The van der Waals surface area contributed by atoms with Crippen LogP contribution in [-0.2, 0) is 72.0 Å². The van der Waals surface area contributed by atoms with Crippen molar-refractivity contribution in [2.75, 3.05) is 13.1 Å². The van der Waals surface area contributed by atoms with Gasteiger partial charge in [-0.2, -0.15) is 0 Å². The van der Waals surface area contributed by atoms with E-state index in [1.165, 1.54) is 36.8 Å². The van der Waals surface area contributed by atoms with E-state index in [0.717, 1.165) is 6.92 Å². The number of aliphatic carboxylic acids is 3. The topological polar surface area (TPSA) is 520 Å². The molecule has 456 valence electrons. The number of phenols is 1. The first-order chi connectivity index (χ1) is 39.7. The van der Waals surface area contributed by atoms with Crippen molar-refractivity contribution in [3.8, 4) is 5.75 Å². The number of imidazole rings is 1. The van der Waals surface area contributed by atoms with Gasteiger partial charge in [0.25, 0.3) is 0 Å². The monoisotopic (exact) mass is 1180 g/mol. The van der Waals surface area contributed by atoms with E-state index < -0.39 is 151 Å². The van der Waals surface area contributed by atoms with E-state index in [2.05, 4.69) is 62.5 Å². The summed E-state index contributed by atoms with van der Waals surface area (Å²) in [5.74, 6) is -13.1. The molecule has 2 aromatic carbocycles. The summed E-state index contributed by atoms with van der Waals surface area (Å²) < 4.78 is 0. The van der Waals surface area contributed by atoms with Crippen molar-refractivity contribution < 1.29 is 78.3 Å². The normalized spacial score (nSPS) is 14.3. The predicted octanol–water partition coefficient (Wildman–Crippen LogP) is -3.63. The molecular formula is C53H73N15O16. The van der Waals surface area contributed by atoms with Crippen molar-refractivity contribution >= 4 is 82.0 Å². The highest BCUT2D eigenvalue weighted by molar-refractivity contribution is 5.99. The van der Waals surface area contributed by atoms with Crippen LogP contribution in [0.4, 0.5) is 0 Å². The van der Waals surface area contributed by atoms with E-state index in [9.17, 15) is 68.1 Å². The first-order valence-electron chi connectivity index (χ1n) is 26.6. The number of aromatic hydroxyl groups is 1. The van der Waals surface area contributed by atoms with Gasteiger partial charge in [0.15, 0.2) is 5.96 Å². The third kappa shape index (κ3) is 22.0. The molecule has 0 fully saturated rings. The number of guanidine groups is 1. The molecule has 0 aliphatic rings. The van der Waals surface area contributed by atoms with Crippen molar-refractivity contribution in [1.82, 2.24) is 57.5 Å². The van der Waals surface area contributed by atoms with Gasteiger partial charge in [-0.3, -0.25) is 57.7 Å². The molecule has 0 radical (unpaired) electrons. The Morgan fingerprint density at radius 1 is 0.595 bits per heavy atom. The summed E-state index contributed by atoms with van der Waals surface area (Å²) in [6.45, 7) is 3.36. The lowest BCUT2D eigenvalue weighted by atomic mass is 10.00. The quantitative estimate of drug-likeness (QED) is 0.0120. The maximum Gasteiger partial charge on any atom is 0.322 e. The average Bonchev–Trinajstić information content (AvgIpc) is 4.25. The molecule has 31 heteroatoms. The fourth-order valence-electron chi connectivity index (χ4n) is 8.43. The van der Waals surface area contributed by atoms with Crippen molar-refractivity contribution in [1.29, 1.82) is 0 Å². The van der Waals surface area contributed by atoms with E-state index in [1.54, 1.807) is 44.3 Å². The zero-order valence-corrected chi connectivity index (χ0v) is 46.3. The molecule has 9 atom stereocenters. The van der Waals surface area contributed by atoms with Gasteiger partial charge in [-0.25, -0.2) is 4.98 Å². The number of fused-ring (bicyclic) bond motifs is 1. The zero-order valence-electron chi connectivity index (χ0n) is 46.3. The number of aliphatic hydroxyl groups is 1. The summed E-state index contributed by atoms with van der Waals surface area (Å²) in [6, 6.07) is 0.0335. The number of aliphatic imine (C=N–C) groups is 1. The SMILES string of the molecule is CC(C)[C@H](NC(=O)[C@@H](N)CCC(=O)O)C(=O)N[C@@H](CCC(=O)O)C(=O)N[C@@H](Cc1cnc[nH]1)C(=O)N[C@@H](Cc1c[nH]c2ccccc12)C(=O)N[C@@H](Cc1ccc(O)cc1)C(=O)N[C@@H](CCCN=C(N)N)C(=O)N[C@H](C(=O)NCC(=O)O)[C@@H](C)O. The number of nitrogens with two attached hydrogens (primary N) is 3. The molecule has 2 aromatic heterocycles. The Bertz CT molecular complexity index is 2960. The number of H-pyrrole nitrogens is 2. The minimum absolute atomic E-state index is 0.0426. The molecule has 0 aliphatic heterocycles. The molecule has 31 nitrogen and oxygen atoms in total. The summed E-state index contributed by atoms with van der Waals surface area (Å²) in [5, 5.41) is 68.8. The third-order valence-corrected chi connectivity index (χ3v) is 12.9. The lowest BCUT2D eigenvalue weighted by Gasteiger charge is -2.28. The summed E-state index contributed by atoms with van der Waals surface area (Å²) in [7, 11) is 0. The molecule has 0 spiro atoms. The van der Waals surface area contributed by atoms with Gasteiger partial charge in [-0.05, 0) is 67.9 Å². The van der Waals surface area contributed by atoms with Crippen LogP contribution in [0.2, 0.25) is 0 Å². The molecule has 2 heterocycles. The summed E-state index contributed by atoms with van der Waals surface area (Å²) >= 11 is 0. The highest BCUT2D eigenvalue weighted by Gasteiger charge is 2.36. The van der Waals surface area contributed by atoms with Gasteiger partial charge in [-0.15, -0.1) is 0 Å². The van der Waals surface area contributed by atoms with Gasteiger partial charge in [-0.1, -0.05) is 44.2 Å². The average molecular weight is 1180 g/mol. The number of carboxylic acid groups (broad SMARTS) is 3. The number of nitrogens with zero attached hydrogens (tertiary/aromatic N) is 2. The number of carbonyl (C=O) groups excluding carboxylic acids is 8. The molecule has 0 aliphatic carbocycles. The van der Waals surface area contributed by atoms with E-state index in [-0.39, 0.29) is 62.5 Å². The van der Waals surface area contributed by atoms with Crippen LogP contribution in [0.5, 0.6) is 5.75 Å². The van der Waals surface area contributed by atoms with Crippen LogP contribution in [0.25, 0.3) is 10.9 Å². The van der Waals surface area contributed by atoms with Gasteiger partial charge in [0.05, 0.1) is 18.5 Å². The Morgan fingerprint density at radius 3 is 1.70 bits per heavy atom. The lowest BCUT2D eigenvalue weighted by Crippen LogP contribution is -2.61. The summed E-state index contributed by atoms with van der Waals surface area (Å²) in [5.41, 5.74) is 18.6. The van der Waals surface area contributed by atoms with E-state index in [4.69, 9.17) is 27.4 Å². The van der Waals surface area contributed by atoms with Gasteiger partial charge in [0.2, 0.25) is 47.3 Å². The van der Waals surface area contributed by atoms with E-state index in [0.29, 0.717) is 22.0 Å². The predicted molar refractivity (Wildman–Crippen MR) is 298 cm³/mol. The Hall–Kier alpha value is -9.65. The number of phenolic OH excluding ortho intramolecular Hbond substituents is 1. The molecule has 4 rings (SSSR count). The number of rotatable bonds is 35. The van der Waals surface area contributed by atoms with Gasteiger partial charge < -0.3 is 95.2 Å². The number of aromatic nitrogens is 3. The highest BCUT2D eigenvalue weighted by Crippen LogP contribution is 2.20. The van der Waals surface area contributed by atoms with E-state index in [1.807, 2.05) is 0 Å². The first kappa shape index (κ1) is 66.9. The smallest absolute Gasteiger partial charge is 0.322 e. The Balaban J connectivity index is 1.73. The molecule has 0 saturated carbocycles. The fourth-order valence-corrected chi connectivity index (χ4v) is 8.43. The largest absolute Gasteiger partial charge is 0.508 e. The standard InChI is InChI=1S/C53H73N15O16/c1-26(2)43(67-45(77)33(54)14-16-40(71)72)52(84)63-36(15-17-41(73)74)46(78)66-39(21-30-23-57-25-61-30)50(82)65-38(20-29-22-59-34-8-5-4-7-32(29)34)49(81)64-37(19-28-10-12-31(70)13-11-28)48(80)62-35(9-6-18-58-53(55)56)47(79)68-44(27(3)69)51(83)60-24-42(75)76/h4-5,7-8,10-13,22-23,25-27,33,35-39,43-44,59,69-70H,6,9,14-21,24,54H2,1-3H3,(H,57,61)(H,60,83)(H,62,80)(H,63,84)(H,64,81)(H,65,82)(H,66,78)(H,67,77)(H,68,79)(H,71,72)(H,73,74)(H,75,76)(H4,55,56,58)/t27-,33+,35+,36+,37+,38+,39+,43+,44+/m1/s1. The minimum Gasteiger partial charge on any atom is -0.508 e. The molecule has 84 heavy (non-hydrogen) atoms. The van der Waals surface area contributed by atoms with Crippen LogP contribution >= 0.6 is 0 Å². The maximum absolute atomic E-state index is 15.0. The molecular weight excluding hydrogens is 1100 g/mol. The number of amides is 8. The van der Waals surface area contributed by atoms with Crippen molar-refractivity contribution in [2.45, 2.75) is 133 Å². The summed E-state index contributed by atoms with van der Waals surface area (Å²) in [6.07, 6.45) is -0.383. The van der Waals surface area contributed by atoms with Gasteiger partial charge in [0, 0.05) is 67.6 Å². The Morgan fingerprint density at radius 2 is 1.13 bits per heavy atom. The molecule has 21 N–H and O–H groups in total. The van der Waals surface area contributed by atoms with Crippen LogP contribution < -0.4 is 59.7 Å². The highest BCUT2D eigenvalue weighted by atomic mass is 16.4. The fraction of sp³-hybridized carbons (Fsp3) is 0.453. The number of carbonyl (C=O) groups is 11. The van der Waals surface area contributed by atoms with Gasteiger partial charge in [0.1, 0.15) is 54.6 Å². The Kier molecular flexibility index (Phi) is 26.0. The van der Waals surface area contributed by atoms with Crippen molar-refractivity contribution in [2.24, 2.45) is 28.1 Å². The second-order valence-corrected chi connectivity index (χ2v) is 20.0. The second kappa shape index (κ2) is 32.7. The number of nitrogens with one attached hydrogen (secondary N) is 10. The van der Waals surface area contributed by atoms with Crippen LogP contribution in [0.15, 0.2) is 72.2 Å². The van der Waals surface area contributed by atoms with E-state index >= 15 is 0 Å². The molecule has 8 amide bonds. The number of para-hydroxylation sites is 1. The number of hydrogen-bond acceptors (Lipinski definition) is 16. The third-order valence-electron chi connectivity index (χ3n) is 12.9. The Labute approximate surface area is 480 Å². The van der Waals surface area contributed by atoms with Crippen LogP contribution in [0, 0.1) is 5.92 Å². The van der Waals surface area contributed by atoms with Crippen molar-refractivity contribution in [3.63, 3.8) is 0 Å². The maximum atomic E-state index is 15.0. The van der Waals surface area contributed by atoms with Gasteiger partial charge >= 0.3 is 17.9 Å². The van der Waals surface area contributed by atoms with Crippen molar-refractivity contribution in [3.05, 3.63) is 84.1 Å². The molecule has 0 bridgehead atoms. The van der Waals surface area contributed by atoms with Crippen LogP contribution in [0.3, 0.4) is 0 Å². The first-order valence-corrected chi connectivity index (χ1v) is 26.6. The number of benzene rings is 2. The molecule has 0 unspecified atom stereocenters. The minimum atomic E-state index is -1.72. The number of aliphatic hydroxyl groups excluding tert-OH is 1. The number of carboxylic acids is 3. The van der Waals surface area contributed by atoms with Crippen LogP contribution in [0.1, 0.15) is 76.1 Å². The second-order valence-electron chi connectivity index (χ2n) is 20.0. The molecule has 0 saturated heterocycles. The zero-order chi connectivity index (χ0) is 62.2. The lowest BCUT2D eigenvalue weighted by molar-refractivity contribution is -0.139. The number of hydrogen-bond donors (Lipinski definition) is 18. The number of aromatic amines is 2. The molecule has 4 aromatic rings. The summed E-state index contributed by atoms with van der Waals surface area (Å²) in [4.78, 5) is 160.